The minimum absolute atomic E-state index is 0.159. The first-order valence-corrected chi connectivity index (χ1v) is 5.60. The molecule has 1 aromatic carbocycles. The van der Waals surface area contributed by atoms with Gasteiger partial charge < -0.3 is 9.88 Å². The van der Waals surface area contributed by atoms with Crippen molar-refractivity contribution in [1.82, 2.24) is 9.88 Å². The highest BCUT2D eigenvalue weighted by atomic mass is 16.1. The van der Waals surface area contributed by atoms with E-state index in [0.29, 0.717) is 6.54 Å². The zero-order valence-electron chi connectivity index (χ0n) is 9.29. The fourth-order valence-corrected chi connectivity index (χ4v) is 2.55. The first kappa shape index (κ1) is 9.60. The summed E-state index contributed by atoms with van der Waals surface area (Å²) >= 11 is 0. The molecule has 1 aliphatic rings. The van der Waals surface area contributed by atoms with Crippen molar-refractivity contribution in [3.63, 3.8) is 0 Å². The smallest absolute Gasteiger partial charge is 0.255 e. The number of para-hydroxylation sites is 1. The Kier molecular flexibility index (Phi) is 2.07. The van der Waals surface area contributed by atoms with Crippen LogP contribution in [0.25, 0.3) is 10.9 Å². The number of pyridine rings is 1. The topological polar surface area (TPSA) is 34.0 Å². The Bertz CT molecular complexity index is 613. The summed E-state index contributed by atoms with van der Waals surface area (Å²) in [6.07, 6.45) is 0.982. The molecule has 0 bridgehead atoms. The molecule has 0 spiro atoms. The maximum Gasteiger partial charge on any atom is 0.255 e. The molecule has 1 aromatic heterocycles. The molecular weight excluding hydrogens is 200 g/mol. The van der Waals surface area contributed by atoms with Crippen molar-refractivity contribution in [2.45, 2.75) is 19.5 Å². The second kappa shape index (κ2) is 3.46. The van der Waals surface area contributed by atoms with Crippen LogP contribution in [0, 0.1) is 0 Å². The van der Waals surface area contributed by atoms with Crippen LogP contribution in [-0.4, -0.2) is 11.6 Å². The van der Waals surface area contributed by atoms with Crippen molar-refractivity contribution in [3.8, 4) is 0 Å². The Morgan fingerprint density at radius 1 is 1.44 bits per heavy atom. The van der Waals surface area contributed by atoms with Crippen molar-refractivity contribution in [2.24, 2.45) is 0 Å². The predicted octanol–water partition coefficient (Wildman–Crippen LogP) is 1.28. The van der Waals surface area contributed by atoms with E-state index in [1.165, 1.54) is 10.9 Å². The summed E-state index contributed by atoms with van der Waals surface area (Å²) in [7, 11) is 1.87. The van der Waals surface area contributed by atoms with Crippen molar-refractivity contribution in [1.29, 1.82) is 0 Å². The lowest BCUT2D eigenvalue weighted by molar-refractivity contribution is 0.716. The minimum Gasteiger partial charge on any atom is -0.315 e. The van der Waals surface area contributed by atoms with Crippen molar-refractivity contribution < 1.29 is 0 Å². The first-order chi connectivity index (χ1) is 7.81. The molecule has 0 amide bonds. The van der Waals surface area contributed by atoms with Crippen LogP contribution in [0.15, 0.2) is 29.1 Å². The van der Waals surface area contributed by atoms with Gasteiger partial charge in [-0.1, -0.05) is 18.2 Å². The van der Waals surface area contributed by atoms with Gasteiger partial charge in [0.2, 0.25) is 0 Å². The lowest BCUT2D eigenvalue weighted by Crippen LogP contribution is -2.24. The Hall–Kier alpha value is -1.61. The van der Waals surface area contributed by atoms with E-state index in [0.717, 1.165) is 24.0 Å². The maximum atomic E-state index is 12.2. The van der Waals surface area contributed by atoms with Gasteiger partial charge in [-0.25, -0.2) is 0 Å². The summed E-state index contributed by atoms with van der Waals surface area (Å²) in [5, 5.41) is 4.22. The highest BCUT2D eigenvalue weighted by Crippen LogP contribution is 2.24. The Morgan fingerprint density at radius 2 is 2.31 bits per heavy atom. The second-order valence-corrected chi connectivity index (χ2v) is 4.26. The van der Waals surface area contributed by atoms with Gasteiger partial charge in [-0.3, -0.25) is 4.79 Å². The van der Waals surface area contributed by atoms with Gasteiger partial charge in [-0.05, 0) is 30.5 Å². The molecule has 0 saturated heterocycles. The molecule has 0 saturated carbocycles. The first-order valence-electron chi connectivity index (χ1n) is 5.60. The highest BCUT2D eigenvalue weighted by molar-refractivity contribution is 5.84. The quantitative estimate of drug-likeness (QED) is 0.817. The summed E-state index contributed by atoms with van der Waals surface area (Å²) in [4.78, 5) is 12.2. The van der Waals surface area contributed by atoms with Crippen LogP contribution < -0.4 is 10.9 Å². The van der Waals surface area contributed by atoms with E-state index >= 15 is 0 Å². The molecule has 2 aromatic rings. The van der Waals surface area contributed by atoms with Crippen LogP contribution in [0.3, 0.4) is 0 Å². The highest BCUT2D eigenvalue weighted by Gasteiger charge is 2.16. The van der Waals surface area contributed by atoms with E-state index < -0.39 is 0 Å². The van der Waals surface area contributed by atoms with Crippen LogP contribution >= 0.6 is 0 Å². The van der Waals surface area contributed by atoms with E-state index in [-0.39, 0.29) is 5.56 Å². The molecule has 0 radical (unpaired) electrons. The van der Waals surface area contributed by atoms with Crippen molar-refractivity contribution in [2.75, 3.05) is 7.05 Å². The number of hydrogen-bond acceptors (Lipinski definition) is 2. The third-order valence-electron chi connectivity index (χ3n) is 3.24. The van der Waals surface area contributed by atoms with Gasteiger partial charge in [0.15, 0.2) is 0 Å². The van der Waals surface area contributed by atoms with E-state index in [9.17, 15) is 4.79 Å². The Labute approximate surface area is 93.7 Å². The number of nitrogens with zero attached hydrogens (tertiary/aromatic N) is 1. The molecule has 2 heterocycles. The fraction of sp³-hybridized carbons (Fsp3) is 0.308. The summed E-state index contributed by atoms with van der Waals surface area (Å²) in [6, 6.07) is 8.28. The Morgan fingerprint density at radius 3 is 3.12 bits per heavy atom. The molecule has 3 rings (SSSR count). The molecule has 3 nitrogen and oxygen atoms in total. The number of nitrogens with one attached hydrogen (secondary N) is 1. The Balaban J connectivity index is 2.38. The van der Waals surface area contributed by atoms with Crippen molar-refractivity contribution >= 4 is 10.9 Å². The summed E-state index contributed by atoms with van der Waals surface area (Å²) in [5.41, 5.74) is 3.44. The molecule has 3 heteroatoms. The number of benzene rings is 1. The number of rotatable bonds is 2. The monoisotopic (exact) mass is 214 g/mol. The van der Waals surface area contributed by atoms with Crippen LogP contribution in [0.1, 0.15) is 11.1 Å². The van der Waals surface area contributed by atoms with Gasteiger partial charge in [0.05, 0.1) is 5.52 Å². The normalized spacial score (nSPS) is 13.6. The third-order valence-corrected chi connectivity index (χ3v) is 3.24. The largest absolute Gasteiger partial charge is 0.315 e. The fourth-order valence-electron chi connectivity index (χ4n) is 2.55. The van der Waals surface area contributed by atoms with Crippen LogP contribution in [-0.2, 0) is 19.5 Å². The van der Waals surface area contributed by atoms with Gasteiger partial charge in [0.25, 0.3) is 5.56 Å². The molecular formula is C13H14N2O. The van der Waals surface area contributed by atoms with Gasteiger partial charge in [0.1, 0.15) is 0 Å². The third kappa shape index (κ3) is 1.21. The zero-order valence-corrected chi connectivity index (χ0v) is 9.29. The molecule has 82 valence electrons. The molecule has 1 N–H and O–H groups in total. The second-order valence-electron chi connectivity index (χ2n) is 4.26. The summed E-state index contributed by atoms with van der Waals surface area (Å²) in [6.45, 7) is 1.46. The lowest BCUT2D eigenvalue weighted by Gasteiger charge is -2.07. The summed E-state index contributed by atoms with van der Waals surface area (Å²) < 4.78 is 1.91. The van der Waals surface area contributed by atoms with E-state index in [4.69, 9.17) is 0 Å². The standard InChI is InChI=1S/C13H14N2O/c1-14-8-11-7-10-4-2-3-9-5-6-15(12(9)10)13(11)16/h2-4,7,14H,5-6,8H2,1H3. The molecule has 1 aliphatic heterocycles. The molecule has 16 heavy (non-hydrogen) atoms. The summed E-state index contributed by atoms with van der Waals surface area (Å²) in [5.74, 6) is 0. The number of aryl methyl sites for hydroxylation is 2. The maximum absolute atomic E-state index is 12.2. The number of hydrogen-bond donors (Lipinski definition) is 1. The average molecular weight is 214 g/mol. The molecule has 0 unspecified atom stereocenters. The minimum atomic E-state index is 0.159. The van der Waals surface area contributed by atoms with E-state index in [1.807, 2.05) is 17.7 Å². The van der Waals surface area contributed by atoms with Crippen LogP contribution in [0.5, 0.6) is 0 Å². The SMILES string of the molecule is CNCc1cc2cccc3c2n(c1=O)CC3. The number of aromatic nitrogens is 1. The van der Waals surface area contributed by atoms with Crippen LogP contribution in [0.4, 0.5) is 0 Å². The molecule has 0 fully saturated rings. The zero-order chi connectivity index (χ0) is 11.1. The van der Waals surface area contributed by atoms with E-state index in [1.54, 1.807) is 0 Å². The lowest BCUT2D eigenvalue weighted by atomic mass is 10.1. The van der Waals surface area contributed by atoms with Gasteiger partial charge in [-0.15, -0.1) is 0 Å². The molecule has 0 atom stereocenters. The average Bonchev–Trinajstić information content (AvgIpc) is 2.71. The molecule has 0 aliphatic carbocycles. The predicted molar refractivity (Wildman–Crippen MR) is 64.7 cm³/mol. The van der Waals surface area contributed by atoms with Gasteiger partial charge in [0, 0.05) is 18.7 Å². The van der Waals surface area contributed by atoms with Crippen molar-refractivity contribution in [3.05, 3.63) is 45.7 Å². The van der Waals surface area contributed by atoms with Gasteiger partial charge in [-0.2, -0.15) is 0 Å². The van der Waals surface area contributed by atoms with E-state index in [2.05, 4.69) is 23.5 Å². The van der Waals surface area contributed by atoms with Gasteiger partial charge >= 0.3 is 0 Å². The van der Waals surface area contributed by atoms with Crippen LogP contribution in [0.2, 0.25) is 0 Å².